The van der Waals surface area contributed by atoms with Crippen molar-refractivity contribution in [1.82, 2.24) is 4.57 Å². The fourth-order valence-electron chi connectivity index (χ4n) is 2.83. The highest BCUT2D eigenvalue weighted by Gasteiger charge is 2.09. The highest BCUT2D eigenvalue weighted by atomic mass is 16.5. The summed E-state index contributed by atoms with van der Waals surface area (Å²) < 4.78 is 7.09. The molecule has 0 fully saturated rings. The number of carbonyl (C=O) groups is 2. The number of aryl methyl sites for hydroxylation is 2. The molecule has 1 N–H and O–H groups in total. The lowest BCUT2D eigenvalue weighted by Crippen LogP contribution is -2.21. The van der Waals surface area contributed by atoms with Crippen LogP contribution < -0.4 is 5.32 Å². The molecule has 0 unspecified atom stereocenters. The van der Waals surface area contributed by atoms with Crippen molar-refractivity contribution in [1.29, 1.82) is 0 Å². The van der Waals surface area contributed by atoms with Crippen molar-refractivity contribution in [3.05, 3.63) is 66.4 Å². The summed E-state index contributed by atoms with van der Waals surface area (Å²) in [4.78, 5) is 23.8. The van der Waals surface area contributed by atoms with E-state index in [2.05, 4.69) is 12.2 Å². The molecule has 3 aromatic rings. The Hall–Kier alpha value is -3.08. The van der Waals surface area contributed by atoms with Crippen LogP contribution in [0.3, 0.4) is 0 Å². The highest BCUT2D eigenvalue weighted by Crippen LogP contribution is 2.15. The molecule has 5 heteroatoms. The van der Waals surface area contributed by atoms with Gasteiger partial charge < -0.3 is 14.6 Å². The summed E-state index contributed by atoms with van der Waals surface area (Å²) in [5, 5.41) is 3.88. The van der Waals surface area contributed by atoms with Crippen LogP contribution in [0.15, 0.2) is 60.8 Å². The number of anilines is 1. The van der Waals surface area contributed by atoms with Crippen LogP contribution in [-0.2, 0) is 27.3 Å². The molecule has 0 spiro atoms. The van der Waals surface area contributed by atoms with Gasteiger partial charge in [-0.3, -0.25) is 9.59 Å². The maximum atomic E-state index is 11.9. The molecule has 26 heavy (non-hydrogen) atoms. The van der Waals surface area contributed by atoms with Crippen LogP contribution in [-0.4, -0.2) is 23.1 Å². The van der Waals surface area contributed by atoms with E-state index in [1.807, 2.05) is 65.4 Å². The van der Waals surface area contributed by atoms with Crippen molar-refractivity contribution < 1.29 is 14.3 Å². The van der Waals surface area contributed by atoms with Gasteiger partial charge in [0.25, 0.3) is 5.91 Å². The second kappa shape index (κ2) is 8.34. The topological polar surface area (TPSA) is 60.3 Å². The predicted octanol–water partition coefficient (Wildman–Crippen LogP) is 3.78. The number of nitrogens with one attached hydrogen (secondary N) is 1. The van der Waals surface area contributed by atoms with Crippen LogP contribution in [0.4, 0.5) is 5.69 Å². The van der Waals surface area contributed by atoms with E-state index in [1.165, 1.54) is 0 Å². The maximum Gasteiger partial charge on any atom is 0.308 e. The molecule has 0 saturated carbocycles. The third kappa shape index (κ3) is 4.51. The average molecular weight is 350 g/mol. The first kappa shape index (κ1) is 17.7. The highest BCUT2D eigenvalue weighted by molar-refractivity contribution is 5.92. The fraction of sp³-hybridized carbons (Fsp3) is 0.238. The number of aromatic nitrogens is 1. The number of carbonyl (C=O) groups excluding carboxylic acids is 2. The molecule has 2 aromatic carbocycles. The molecule has 1 heterocycles. The summed E-state index contributed by atoms with van der Waals surface area (Å²) >= 11 is 0. The molecule has 1 aromatic heterocycles. The van der Waals surface area contributed by atoms with Crippen molar-refractivity contribution in [3.63, 3.8) is 0 Å². The number of hydrogen-bond acceptors (Lipinski definition) is 3. The van der Waals surface area contributed by atoms with Gasteiger partial charge in [-0.2, -0.15) is 0 Å². The number of esters is 1. The van der Waals surface area contributed by atoms with Gasteiger partial charge in [-0.1, -0.05) is 37.3 Å². The van der Waals surface area contributed by atoms with Crippen LogP contribution in [0.1, 0.15) is 18.9 Å². The number of fused-ring (bicyclic) bond motifs is 1. The van der Waals surface area contributed by atoms with E-state index in [9.17, 15) is 9.59 Å². The predicted molar refractivity (Wildman–Crippen MR) is 102 cm³/mol. The van der Waals surface area contributed by atoms with Crippen molar-refractivity contribution in [2.45, 2.75) is 26.3 Å². The van der Waals surface area contributed by atoms with Gasteiger partial charge in [0.15, 0.2) is 6.61 Å². The minimum absolute atomic E-state index is 0.220. The molecular weight excluding hydrogens is 328 g/mol. The second-order valence-electron chi connectivity index (χ2n) is 6.08. The zero-order chi connectivity index (χ0) is 18.4. The first-order valence-electron chi connectivity index (χ1n) is 8.74. The van der Waals surface area contributed by atoms with Crippen LogP contribution in [0.25, 0.3) is 10.9 Å². The number of rotatable bonds is 7. The normalized spacial score (nSPS) is 10.7. The molecule has 5 nitrogen and oxygen atoms in total. The first-order valence-corrected chi connectivity index (χ1v) is 8.74. The summed E-state index contributed by atoms with van der Waals surface area (Å²) in [5.74, 6) is -0.724. The van der Waals surface area contributed by atoms with E-state index in [0.29, 0.717) is 12.2 Å². The molecule has 1 amide bonds. The average Bonchev–Trinajstić information content (AvgIpc) is 3.08. The Balaban J connectivity index is 1.45. The van der Waals surface area contributed by atoms with Crippen molar-refractivity contribution in [3.8, 4) is 0 Å². The summed E-state index contributed by atoms with van der Waals surface area (Å²) in [5.41, 5.74) is 2.93. The molecule has 0 aliphatic carbocycles. The van der Waals surface area contributed by atoms with Gasteiger partial charge in [-0.05, 0) is 41.6 Å². The van der Waals surface area contributed by atoms with Gasteiger partial charge >= 0.3 is 5.97 Å². The molecule has 0 radical (unpaired) electrons. The van der Waals surface area contributed by atoms with Gasteiger partial charge in [0.1, 0.15) is 0 Å². The van der Waals surface area contributed by atoms with Gasteiger partial charge in [0.05, 0.1) is 6.42 Å². The Kier molecular flexibility index (Phi) is 5.69. The minimum atomic E-state index is -0.389. The zero-order valence-electron chi connectivity index (χ0n) is 14.8. The quantitative estimate of drug-likeness (QED) is 0.660. The molecule has 0 saturated heterocycles. The monoisotopic (exact) mass is 350 g/mol. The van der Waals surface area contributed by atoms with Gasteiger partial charge in [0, 0.05) is 23.9 Å². The summed E-state index contributed by atoms with van der Waals surface area (Å²) in [7, 11) is 0. The van der Waals surface area contributed by atoms with E-state index < -0.39 is 0 Å². The minimum Gasteiger partial charge on any atom is -0.456 e. The van der Waals surface area contributed by atoms with Crippen LogP contribution in [0.2, 0.25) is 0 Å². The van der Waals surface area contributed by atoms with E-state index in [-0.39, 0.29) is 24.9 Å². The van der Waals surface area contributed by atoms with E-state index in [1.54, 1.807) is 0 Å². The molecule has 0 bridgehead atoms. The Morgan fingerprint density at radius 2 is 1.92 bits per heavy atom. The lowest BCUT2D eigenvalue weighted by atomic mass is 10.1. The molecule has 134 valence electrons. The number of ether oxygens (including phenoxy) is 1. The Morgan fingerprint density at radius 3 is 2.77 bits per heavy atom. The van der Waals surface area contributed by atoms with E-state index in [4.69, 9.17) is 4.74 Å². The SMILES string of the molecule is CCc1cccc(NC(=O)COC(=O)CCn2ccc3ccccc32)c1. The number of benzene rings is 2. The largest absolute Gasteiger partial charge is 0.456 e. The molecule has 0 aliphatic rings. The Bertz CT molecular complexity index is 914. The van der Waals surface area contributed by atoms with Crippen molar-refractivity contribution in [2.24, 2.45) is 0 Å². The lowest BCUT2D eigenvalue weighted by Gasteiger charge is -2.08. The molecule has 0 atom stereocenters. The Labute approximate surface area is 152 Å². The van der Waals surface area contributed by atoms with E-state index in [0.717, 1.165) is 22.9 Å². The van der Waals surface area contributed by atoms with Crippen LogP contribution in [0, 0.1) is 0 Å². The smallest absolute Gasteiger partial charge is 0.308 e. The molecular formula is C21H22N2O3. The van der Waals surface area contributed by atoms with Gasteiger partial charge in [0.2, 0.25) is 0 Å². The number of para-hydroxylation sites is 1. The third-order valence-corrected chi connectivity index (χ3v) is 4.22. The third-order valence-electron chi connectivity index (χ3n) is 4.22. The summed E-state index contributed by atoms with van der Waals surface area (Å²) in [6, 6.07) is 17.6. The molecule has 0 aliphatic heterocycles. The number of amides is 1. The maximum absolute atomic E-state index is 11.9. The fourth-order valence-corrected chi connectivity index (χ4v) is 2.83. The second-order valence-corrected chi connectivity index (χ2v) is 6.08. The van der Waals surface area contributed by atoms with Crippen LogP contribution in [0.5, 0.6) is 0 Å². The van der Waals surface area contributed by atoms with Crippen molar-refractivity contribution in [2.75, 3.05) is 11.9 Å². The molecule has 3 rings (SSSR count). The lowest BCUT2D eigenvalue weighted by molar-refractivity contribution is -0.147. The number of nitrogens with zero attached hydrogens (tertiary/aromatic N) is 1. The zero-order valence-corrected chi connectivity index (χ0v) is 14.8. The van der Waals surface area contributed by atoms with Crippen molar-refractivity contribution >= 4 is 28.5 Å². The van der Waals surface area contributed by atoms with Gasteiger partial charge in [-0.25, -0.2) is 0 Å². The van der Waals surface area contributed by atoms with Gasteiger partial charge in [-0.15, -0.1) is 0 Å². The standard InChI is InChI=1S/C21H22N2O3/c1-2-16-6-5-8-18(14-16)22-20(24)15-26-21(25)11-13-23-12-10-17-7-3-4-9-19(17)23/h3-10,12,14H,2,11,13,15H2,1H3,(H,22,24). The van der Waals surface area contributed by atoms with E-state index >= 15 is 0 Å². The van der Waals surface area contributed by atoms with Crippen LogP contribution >= 0.6 is 0 Å². The first-order chi connectivity index (χ1) is 12.7. The number of hydrogen-bond donors (Lipinski definition) is 1. The summed E-state index contributed by atoms with van der Waals surface area (Å²) in [6.45, 7) is 2.30. The Morgan fingerprint density at radius 1 is 1.08 bits per heavy atom. The summed E-state index contributed by atoms with van der Waals surface area (Å²) in [6.07, 6.45) is 3.06.